The van der Waals surface area contributed by atoms with Crippen LogP contribution in [0.5, 0.6) is 5.75 Å². The Morgan fingerprint density at radius 2 is 2.11 bits per heavy atom. The van der Waals surface area contributed by atoms with Crippen molar-refractivity contribution in [2.75, 3.05) is 18.9 Å². The molecule has 5 atom stereocenters. The fourth-order valence-electron chi connectivity index (χ4n) is 5.83. The Balaban J connectivity index is 1.60. The van der Waals surface area contributed by atoms with Crippen LogP contribution in [-0.4, -0.2) is 52.8 Å². The van der Waals surface area contributed by atoms with Gasteiger partial charge in [-0.3, -0.25) is 0 Å². The highest BCUT2D eigenvalue weighted by molar-refractivity contribution is 8.14. The fourth-order valence-corrected chi connectivity index (χ4v) is 6.78. The van der Waals surface area contributed by atoms with Gasteiger partial charge in [0.2, 0.25) is 6.19 Å². The van der Waals surface area contributed by atoms with Crippen LogP contribution in [0.25, 0.3) is 0 Å². The Hall–Kier alpha value is -2.75. The smallest absolute Gasteiger partial charge is 0.332 e. The SMILES string of the molecule is CC1CCC(C(C)C)C(OCC(=O)O[C@@H]2[C@@H](N3CCSC3=NC#N)c3cc(C#N)ccc3OC2(C)C)C1. The number of carbonyl (C=O) groups excluding carboxylic acids is 1. The summed E-state index contributed by atoms with van der Waals surface area (Å²) < 4.78 is 18.6. The van der Waals surface area contributed by atoms with Gasteiger partial charge in [0.15, 0.2) is 11.3 Å². The van der Waals surface area contributed by atoms with Crippen molar-refractivity contribution in [3.63, 3.8) is 0 Å². The summed E-state index contributed by atoms with van der Waals surface area (Å²) in [6, 6.07) is 6.99. The molecule has 4 rings (SSSR count). The molecule has 2 heterocycles. The van der Waals surface area contributed by atoms with E-state index in [1.165, 1.54) is 18.2 Å². The molecule has 9 heteroatoms. The van der Waals surface area contributed by atoms with Crippen molar-refractivity contribution in [3.8, 4) is 18.0 Å². The minimum Gasteiger partial charge on any atom is -0.484 e. The second-order valence-corrected chi connectivity index (χ2v) is 12.2. The number of rotatable bonds is 6. The molecule has 2 fully saturated rings. The monoisotopic (exact) mass is 524 g/mol. The highest BCUT2D eigenvalue weighted by Crippen LogP contribution is 2.46. The Bertz CT molecular complexity index is 1120. The molecule has 0 N–H and O–H groups in total. The lowest BCUT2D eigenvalue weighted by molar-refractivity contribution is -0.177. The molecule has 1 saturated heterocycles. The number of nitrogens with zero attached hydrogens (tertiary/aromatic N) is 4. The number of nitriles is 2. The molecule has 198 valence electrons. The van der Waals surface area contributed by atoms with Gasteiger partial charge >= 0.3 is 5.97 Å². The lowest BCUT2D eigenvalue weighted by Gasteiger charge is -2.47. The summed E-state index contributed by atoms with van der Waals surface area (Å²) in [5, 5.41) is 19.4. The standard InChI is InChI=1S/C28H36N4O4S/c1-17(2)20-8-6-18(3)12-23(20)34-15-24(33)35-26-25(32-10-11-37-27(32)31-16-30)21-13-19(14-29)7-9-22(21)36-28(26,4)5/h7,9,13,17-18,20,23,25-26H,6,8,10-12,15H2,1-5H3/t18?,20?,23?,25-,26+/m0/s1. The maximum absolute atomic E-state index is 13.2. The van der Waals surface area contributed by atoms with E-state index in [-0.39, 0.29) is 12.7 Å². The van der Waals surface area contributed by atoms with E-state index in [2.05, 4.69) is 31.8 Å². The van der Waals surface area contributed by atoms with Crippen LogP contribution in [-0.2, 0) is 14.3 Å². The number of esters is 1. The summed E-state index contributed by atoms with van der Waals surface area (Å²) in [5.74, 6) is 2.42. The predicted octanol–water partition coefficient (Wildman–Crippen LogP) is 5.05. The maximum Gasteiger partial charge on any atom is 0.332 e. The number of hydrogen-bond acceptors (Lipinski definition) is 8. The molecule has 0 radical (unpaired) electrons. The van der Waals surface area contributed by atoms with Gasteiger partial charge in [0.25, 0.3) is 0 Å². The third kappa shape index (κ3) is 5.89. The number of ether oxygens (including phenoxy) is 3. The van der Waals surface area contributed by atoms with E-state index in [1.54, 1.807) is 18.2 Å². The van der Waals surface area contributed by atoms with Gasteiger partial charge < -0.3 is 19.1 Å². The van der Waals surface area contributed by atoms with Gasteiger partial charge in [-0.15, -0.1) is 4.99 Å². The molecule has 8 nitrogen and oxygen atoms in total. The third-order valence-corrected chi connectivity index (χ3v) is 8.70. The van der Waals surface area contributed by atoms with Gasteiger partial charge in [-0.25, -0.2) is 4.79 Å². The van der Waals surface area contributed by atoms with Crippen molar-refractivity contribution in [1.29, 1.82) is 10.5 Å². The molecule has 0 spiro atoms. The summed E-state index contributed by atoms with van der Waals surface area (Å²) in [5.41, 5.74) is 0.357. The first-order valence-corrected chi connectivity index (χ1v) is 14.0. The number of carbonyl (C=O) groups is 1. The van der Waals surface area contributed by atoms with Crippen molar-refractivity contribution < 1.29 is 19.0 Å². The lowest BCUT2D eigenvalue weighted by Crippen LogP contribution is -2.56. The van der Waals surface area contributed by atoms with Crippen LogP contribution in [0.2, 0.25) is 0 Å². The number of amidine groups is 1. The Morgan fingerprint density at radius 3 is 2.81 bits per heavy atom. The minimum atomic E-state index is -0.869. The molecule has 1 aliphatic carbocycles. The quantitative estimate of drug-likeness (QED) is 0.376. The van der Waals surface area contributed by atoms with Crippen molar-refractivity contribution in [2.45, 2.75) is 77.7 Å². The first kappa shape index (κ1) is 27.3. The van der Waals surface area contributed by atoms with Gasteiger partial charge in [-0.2, -0.15) is 10.5 Å². The molecule has 0 amide bonds. The van der Waals surface area contributed by atoms with Gasteiger partial charge in [-0.05, 0) is 62.6 Å². The topological polar surface area (TPSA) is 108 Å². The molecule has 3 aliphatic rings. The highest BCUT2D eigenvalue weighted by Gasteiger charge is 2.50. The van der Waals surface area contributed by atoms with Crippen molar-refractivity contribution in [1.82, 2.24) is 4.90 Å². The van der Waals surface area contributed by atoms with E-state index in [0.717, 1.165) is 24.2 Å². The zero-order chi connectivity index (χ0) is 26.7. The average Bonchev–Trinajstić information content (AvgIpc) is 3.30. The molecule has 0 aromatic heterocycles. The first-order chi connectivity index (χ1) is 17.6. The van der Waals surface area contributed by atoms with Crippen molar-refractivity contribution in [2.24, 2.45) is 22.7 Å². The molecule has 1 aromatic carbocycles. The Labute approximate surface area is 224 Å². The molecule has 1 saturated carbocycles. The van der Waals surface area contributed by atoms with Gasteiger partial charge in [0.1, 0.15) is 24.0 Å². The van der Waals surface area contributed by atoms with Crippen molar-refractivity contribution in [3.05, 3.63) is 29.3 Å². The summed E-state index contributed by atoms with van der Waals surface area (Å²) in [4.78, 5) is 19.3. The maximum atomic E-state index is 13.2. The number of benzene rings is 1. The largest absolute Gasteiger partial charge is 0.484 e. The normalized spacial score (nSPS) is 29.8. The molecule has 0 bridgehead atoms. The fraction of sp³-hybridized carbons (Fsp3) is 0.643. The summed E-state index contributed by atoms with van der Waals surface area (Å²) in [7, 11) is 0. The molecular formula is C28H36N4O4S. The zero-order valence-electron chi connectivity index (χ0n) is 22.3. The first-order valence-electron chi connectivity index (χ1n) is 13.0. The lowest BCUT2D eigenvalue weighted by atomic mass is 9.75. The van der Waals surface area contributed by atoms with Crippen LogP contribution >= 0.6 is 11.8 Å². The van der Waals surface area contributed by atoms with E-state index in [4.69, 9.17) is 14.2 Å². The van der Waals surface area contributed by atoms with E-state index in [0.29, 0.717) is 40.8 Å². The number of aliphatic imine (C=N–C) groups is 1. The van der Waals surface area contributed by atoms with Gasteiger partial charge in [0, 0.05) is 17.9 Å². The Kier molecular flexibility index (Phi) is 8.36. The van der Waals surface area contributed by atoms with Crippen LogP contribution in [0.3, 0.4) is 0 Å². The van der Waals surface area contributed by atoms with E-state index < -0.39 is 23.7 Å². The average molecular weight is 525 g/mol. The van der Waals surface area contributed by atoms with Crippen molar-refractivity contribution >= 4 is 22.9 Å². The third-order valence-electron chi connectivity index (χ3n) is 7.73. The van der Waals surface area contributed by atoms with Gasteiger partial charge in [-0.1, -0.05) is 39.0 Å². The van der Waals surface area contributed by atoms with Crippen LogP contribution in [0, 0.1) is 40.5 Å². The minimum absolute atomic E-state index is 0.0333. The molecule has 1 aromatic rings. The van der Waals surface area contributed by atoms with E-state index in [9.17, 15) is 15.3 Å². The summed E-state index contributed by atoms with van der Waals surface area (Å²) in [6.45, 7) is 10.9. The number of hydrogen-bond donors (Lipinski definition) is 0. The highest BCUT2D eigenvalue weighted by atomic mass is 32.2. The molecular weight excluding hydrogens is 488 g/mol. The number of fused-ring (bicyclic) bond motifs is 1. The second-order valence-electron chi connectivity index (χ2n) is 11.1. The molecule has 37 heavy (non-hydrogen) atoms. The zero-order valence-corrected chi connectivity index (χ0v) is 23.1. The number of thioether (sulfide) groups is 1. The summed E-state index contributed by atoms with van der Waals surface area (Å²) >= 11 is 1.49. The van der Waals surface area contributed by atoms with Crippen LogP contribution in [0.15, 0.2) is 23.2 Å². The van der Waals surface area contributed by atoms with Crippen LogP contribution in [0.4, 0.5) is 0 Å². The van der Waals surface area contributed by atoms with Gasteiger partial charge in [0.05, 0.1) is 17.7 Å². The van der Waals surface area contributed by atoms with Crippen LogP contribution < -0.4 is 4.74 Å². The van der Waals surface area contributed by atoms with E-state index in [1.807, 2.05) is 24.9 Å². The summed E-state index contributed by atoms with van der Waals surface area (Å²) in [6.07, 6.45) is 4.45. The molecule has 3 unspecified atom stereocenters. The Morgan fingerprint density at radius 1 is 1.32 bits per heavy atom. The van der Waals surface area contributed by atoms with Crippen LogP contribution in [0.1, 0.15) is 71.0 Å². The molecule has 2 aliphatic heterocycles. The van der Waals surface area contributed by atoms with E-state index >= 15 is 0 Å². The predicted molar refractivity (Wildman–Crippen MR) is 142 cm³/mol. The second kappa shape index (κ2) is 11.3.